The monoisotopic (exact) mass is 417 g/mol. The highest BCUT2D eigenvalue weighted by Crippen LogP contribution is 2.13. The minimum Gasteiger partial charge on any atom is -0.379 e. The van der Waals surface area contributed by atoms with Gasteiger partial charge in [0.25, 0.3) is 5.91 Å². The van der Waals surface area contributed by atoms with Gasteiger partial charge in [-0.05, 0) is 23.6 Å². The lowest BCUT2D eigenvalue weighted by Gasteiger charge is -2.35. The molecule has 0 bridgehead atoms. The number of carbonyl (C=O) groups is 1. The number of rotatable bonds is 5. The molecule has 2 saturated heterocycles. The van der Waals surface area contributed by atoms with Crippen LogP contribution in [0.1, 0.15) is 29.8 Å². The Kier molecular flexibility index (Phi) is 10.6. The van der Waals surface area contributed by atoms with E-state index in [4.69, 9.17) is 4.74 Å². The Morgan fingerprint density at radius 1 is 0.926 bits per heavy atom. The molecule has 1 aromatic rings. The molecule has 0 aromatic heterocycles. The molecule has 1 aromatic carbocycles. The molecule has 5 nitrogen and oxygen atoms in total. The number of carbonyl (C=O) groups excluding carboxylic acids is 1. The maximum absolute atomic E-state index is 12.7. The van der Waals surface area contributed by atoms with E-state index in [2.05, 4.69) is 35.8 Å². The van der Waals surface area contributed by atoms with Gasteiger partial charge >= 0.3 is 0 Å². The molecule has 0 saturated carbocycles. The van der Waals surface area contributed by atoms with Crippen molar-refractivity contribution < 1.29 is 9.53 Å². The van der Waals surface area contributed by atoms with Crippen LogP contribution < -0.4 is 0 Å². The number of morpholine rings is 1. The predicted octanol–water partition coefficient (Wildman–Crippen LogP) is 2.78. The van der Waals surface area contributed by atoms with Crippen molar-refractivity contribution in [1.82, 2.24) is 14.7 Å². The normalized spacial score (nSPS) is 18.7. The van der Waals surface area contributed by atoms with E-state index >= 15 is 0 Å². The molecule has 0 atom stereocenters. The van der Waals surface area contributed by atoms with Crippen molar-refractivity contribution in [3.8, 4) is 0 Å². The van der Waals surface area contributed by atoms with Gasteiger partial charge in [-0.15, -0.1) is 24.8 Å². The van der Waals surface area contributed by atoms with Gasteiger partial charge in [0, 0.05) is 57.9 Å². The zero-order chi connectivity index (χ0) is 17.6. The summed E-state index contributed by atoms with van der Waals surface area (Å²) in [7, 11) is 0. The average Bonchev–Trinajstić information content (AvgIpc) is 2.63. The van der Waals surface area contributed by atoms with E-state index in [1.54, 1.807) is 0 Å². The Balaban J connectivity index is 0.00000182. The van der Waals surface area contributed by atoms with E-state index in [9.17, 15) is 4.79 Å². The molecule has 0 radical (unpaired) electrons. The summed E-state index contributed by atoms with van der Waals surface area (Å²) in [6, 6.07) is 8.16. The zero-order valence-electron chi connectivity index (χ0n) is 16.4. The van der Waals surface area contributed by atoms with Crippen molar-refractivity contribution in [2.45, 2.75) is 20.4 Å². The summed E-state index contributed by atoms with van der Waals surface area (Å²) >= 11 is 0. The first-order chi connectivity index (χ1) is 12.1. The van der Waals surface area contributed by atoms with E-state index in [0.717, 1.165) is 71.1 Å². The summed E-state index contributed by atoms with van der Waals surface area (Å²) in [5.41, 5.74) is 2.07. The second-order valence-corrected chi connectivity index (χ2v) is 7.57. The molecule has 3 rings (SSSR count). The van der Waals surface area contributed by atoms with Gasteiger partial charge in [-0.3, -0.25) is 14.6 Å². The quantitative estimate of drug-likeness (QED) is 0.737. The topological polar surface area (TPSA) is 36.0 Å². The van der Waals surface area contributed by atoms with Crippen LogP contribution in [0, 0.1) is 5.92 Å². The molecule has 2 aliphatic heterocycles. The van der Waals surface area contributed by atoms with Crippen LogP contribution in [0.25, 0.3) is 0 Å². The summed E-state index contributed by atoms with van der Waals surface area (Å²) in [6.45, 7) is 13.8. The van der Waals surface area contributed by atoms with Crippen LogP contribution >= 0.6 is 24.8 Å². The highest BCUT2D eigenvalue weighted by atomic mass is 35.5. The third-order valence-corrected chi connectivity index (χ3v) is 4.99. The molecule has 0 N–H and O–H groups in total. The summed E-state index contributed by atoms with van der Waals surface area (Å²) < 4.78 is 5.39. The van der Waals surface area contributed by atoms with Gasteiger partial charge in [-0.2, -0.15) is 0 Å². The smallest absolute Gasteiger partial charge is 0.253 e. The second kappa shape index (κ2) is 11.9. The van der Waals surface area contributed by atoms with Gasteiger partial charge in [0.1, 0.15) is 0 Å². The van der Waals surface area contributed by atoms with E-state index < -0.39 is 0 Å². The van der Waals surface area contributed by atoms with Crippen LogP contribution in [0.3, 0.4) is 0 Å². The largest absolute Gasteiger partial charge is 0.379 e. The maximum Gasteiger partial charge on any atom is 0.253 e. The Morgan fingerprint density at radius 2 is 1.52 bits per heavy atom. The van der Waals surface area contributed by atoms with Crippen molar-refractivity contribution >= 4 is 30.7 Å². The van der Waals surface area contributed by atoms with Crippen LogP contribution in [0.4, 0.5) is 0 Å². The minimum atomic E-state index is 0. The average molecular weight is 418 g/mol. The van der Waals surface area contributed by atoms with Gasteiger partial charge < -0.3 is 9.64 Å². The highest BCUT2D eigenvalue weighted by molar-refractivity contribution is 5.94. The van der Waals surface area contributed by atoms with E-state index in [-0.39, 0.29) is 30.7 Å². The van der Waals surface area contributed by atoms with Gasteiger partial charge in [0.15, 0.2) is 0 Å². The van der Waals surface area contributed by atoms with Crippen LogP contribution in [0.5, 0.6) is 0 Å². The molecule has 1 amide bonds. The molecule has 2 heterocycles. The fraction of sp³-hybridized carbons (Fsp3) is 0.650. The maximum atomic E-state index is 12.7. The van der Waals surface area contributed by atoms with Crippen molar-refractivity contribution in [1.29, 1.82) is 0 Å². The molecular formula is C20H33Cl2N3O2. The minimum absolute atomic E-state index is 0. The number of halogens is 2. The number of hydrogen-bond donors (Lipinski definition) is 0. The van der Waals surface area contributed by atoms with E-state index in [1.165, 1.54) is 5.56 Å². The van der Waals surface area contributed by atoms with Gasteiger partial charge in [-0.1, -0.05) is 26.0 Å². The lowest BCUT2D eigenvalue weighted by Crippen LogP contribution is -2.49. The summed E-state index contributed by atoms with van der Waals surface area (Å²) in [5.74, 6) is 0.850. The van der Waals surface area contributed by atoms with Crippen LogP contribution in [-0.2, 0) is 11.3 Å². The fourth-order valence-corrected chi connectivity index (χ4v) is 3.60. The Bertz CT molecular complexity index is 555. The molecule has 27 heavy (non-hydrogen) atoms. The summed E-state index contributed by atoms with van der Waals surface area (Å²) in [5, 5.41) is 0. The molecule has 7 heteroatoms. The molecule has 0 unspecified atom stereocenters. The second-order valence-electron chi connectivity index (χ2n) is 7.57. The Labute approximate surface area is 175 Å². The third-order valence-electron chi connectivity index (χ3n) is 4.99. The van der Waals surface area contributed by atoms with Crippen LogP contribution in [0.2, 0.25) is 0 Å². The number of ether oxygens (including phenoxy) is 1. The van der Waals surface area contributed by atoms with E-state index in [1.807, 2.05) is 17.0 Å². The first kappa shape index (κ1) is 24.2. The first-order valence-electron chi connectivity index (χ1n) is 9.52. The number of nitrogens with zero attached hydrogens (tertiary/aromatic N) is 3. The van der Waals surface area contributed by atoms with Crippen LogP contribution in [-0.4, -0.2) is 79.6 Å². The van der Waals surface area contributed by atoms with Crippen molar-refractivity contribution in [2.75, 3.05) is 59.0 Å². The number of amides is 1. The molecule has 2 aliphatic rings. The lowest BCUT2D eigenvalue weighted by molar-refractivity contribution is 0.0342. The van der Waals surface area contributed by atoms with Crippen molar-refractivity contribution in [3.05, 3.63) is 35.4 Å². The zero-order valence-corrected chi connectivity index (χ0v) is 18.1. The molecule has 2 fully saturated rings. The Hall–Kier alpha value is -0.850. The van der Waals surface area contributed by atoms with E-state index in [0.29, 0.717) is 5.92 Å². The van der Waals surface area contributed by atoms with Gasteiger partial charge in [0.2, 0.25) is 0 Å². The number of piperazine rings is 1. The third kappa shape index (κ3) is 7.24. The van der Waals surface area contributed by atoms with Crippen molar-refractivity contribution in [3.63, 3.8) is 0 Å². The van der Waals surface area contributed by atoms with Crippen molar-refractivity contribution in [2.24, 2.45) is 5.92 Å². The molecular weight excluding hydrogens is 385 g/mol. The number of benzene rings is 1. The highest BCUT2D eigenvalue weighted by Gasteiger charge is 2.22. The molecule has 154 valence electrons. The number of hydrogen-bond acceptors (Lipinski definition) is 4. The standard InChI is InChI=1S/C20H31N3O2.2ClH/c1-17(2)15-21-7-9-23(10-8-21)20(24)19-5-3-18(4-6-19)16-22-11-13-25-14-12-22;;/h3-6,17H,7-16H2,1-2H3;2*1H. The summed E-state index contributed by atoms with van der Waals surface area (Å²) in [4.78, 5) is 19.6. The predicted molar refractivity (Wildman–Crippen MR) is 114 cm³/mol. The summed E-state index contributed by atoms with van der Waals surface area (Å²) in [6.07, 6.45) is 0. The molecule has 0 aliphatic carbocycles. The molecule has 0 spiro atoms. The first-order valence-corrected chi connectivity index (χ1v) is 9.52. The van der Waals surface area contributed by atoms with Gasteiger partial charge in [-0.25, -0.2) is 0 Å². The fourth-order valence-electron chi connectivity index (χ4n) is 3.60. The lowest BCUT2D eigenvalue weighted by atomic mass is 10.1. The van der Waals surface area contributed by atoms with Crippen LogP contribution in [0.15, 0.2) is 24.3 Å². The van der Waals surface area contributed by atoms with Gasteiger partial charge in [0.05, 0.1) is 13.2 Å². The SMILES string of the molecule is CC(C)CN1CCN(C(=O)c2ccc(CN3CCOCC3)cc2)CC1.Cl.Cl. The Morgan fingerprint density at radius 3 is 2.07 bits per heavy atom.